The van der Waals surface area contributed by atoms with E-state index in [2.05, 4.69) is 13.8 Å². The van der Waals surface area contributed by atoms with Crippen LogP contribution in [0.4, 0.5) is 4.79 Å². The lowest BCUT2D eigenvalue weighted by Crippen LogP contribution is -2.55. The van der Waals surface area contributed by atoms with Gasteiger partial charge >= 0.3 is 12.0 Å². The number of rotatable bonds is 1. The van der Waals surface area contributed by atoms with Crippen LogP contribution in [-0.4, -0.2) is 74.6 Å². The number of urea groups is 1. The normalized spacial score (nSPS) is 27.0. The molecule has 2 heterocycles. The number of carboxylic acids is 1. The molecule has 0 aromatic heterocycles. The Labute approximate surface area is 128 Å². The highest BCUT2D eigenvalue weighted by molar-refractivity contribution is 8.00. The fraction of sp³-hybridized carbons (Fsp3) is 0.846. The molecule has 2 saturated heterocycles. The van der Waals surface area contributed by atoms with Crippen molar-refractivity contribution in [3.05, 3.63) is 0 Å². The van der Waals surface area contributed by atoms with Gasteiger partial charge in [0.05, 0.1) is 0 Å². The maximum absolute atomic E-state index is 12.6. The monoisotopic (exact) mass is 318 g/mol. The number of hydrogen-bond acceptors (Lipinski definition) is 4. The SMILES string of the molecule is CC1(C)CCN(C(=O)N2CCSCC2C(=O)O)CCS1. The van der Waals surface area contributed by atoms with E-state index in [1.807, 2.05) is 16.7 Å². The molecule has 0 radical (unpaired) electrons. The molecular weight excluding hydrogens is 296 g/mol. The Morgan fingerprint density at radius 1 is 1.20 bits per heavy atom. The Bertz CT molecular complexity index is 390. The van der Waals surface area contributed by atoms with Crippen LogP contribution in [0.5, 0.6) is 0 Å². The predicted octanol–water partition coefficient (Wildman–Crippen LogP) is 1.83. The zero-order valence-electron chi connectivity index (χ0n) is 12.0. The molecule has 1 unspecified atom stereocenters. The topological polar surface area (TPSA) is 60.9 Å². The van der Waals surface area contributed by atoms with Crippen LogP contribution in [0.15, 0.2) is 0 Å². The Morgan fingerprint density at radius 3 is 2.65 bits per heavy atom. The molecule has 2 aliphatic rings. The van der Waals surface area contributed by atoms with Crippen LogP contribution in [0, 0.1) is 0 Å². The molecule has 5 nitrogen and oxygen atoms in total. The molecule has 2 aliphatic heterocycles. The van der Waals surface area contributed by atoms with Crippen LogP contribution >= 0.6 is 23.5 Å². The molecule has 1 atom stereocenters. The van der Waals surface area contributed by atoms with Crippen molar-refractivity contribution in [2.24, 2.45) is 0 Å². The zero-order valence-corrected chi connectivity index (χ0v) is 13.6. The number of aliphatic carboxylic acids is 1. The maximum atomic E-state index is 12.6. The molecule has 0 aliphatic carbocycles. The molecule has 2 fully saturated rings. The Hall–Kier alpha value is -0.560. The zero-order chi connectivity index (χ0) is 14.8. The molecule has 2 rings (SSSR count). The fourth-order valence-electron chi connectivity index (χ4n) is 2.43. The van der Waals surface area contributed by atoms with Gasteiger partial charge in [-0.05, 0) is 6.42 Å². The number of hydrogen-bond donors (Lipinski definition) is 1. The van der Waals surface area contributed by atoms with Crippen LogP contribution in [0.3, 0.4) is 0 Å². The minimum absolute atomic E-state index is 0.101. The second kappa shape index (κ2) is 6.47. The van der Waals surface area contributed by atoms with E-state index >= 15 is 0 Å². The van der Waals surface area contributed by atoms with Crippen molar-refractivity contribution < 1.29 is 14.7 Å². The van der Waals surface area contributed by atoms with E-state index in [9.17, 15) is 14.7 Å². The molecule has 0 saturated carbocycles. The van der Waals surface area contributed by atoms with Crippen molar-refractivity contribution in [1.82, 2.24) is 9.80 Å². The number of carboxylic acid groups (broad SMARTS) is 1. The van der Waals surface area contributed by atoms with E-state index in [1.54, 1.807) is 16.7 Å². The Morgan fingerprint density at radius 2 is 1.95 bits per heavy atom. The number of carbonyl (C=O) groups is 2. The minimum Gasteiger partial charge on any atom is -0.480 e. The molecule has 0 spiro atoms. The lowest BCUT2D eigenvalue weighted by Gasteiger charge is -2.36. The third-order valence-electron chi connectivity index (χ3n) is 3.77. The first-order valence-corrected chi connectivity index (χ1v) is 9.05. The second-order valence-corrected chi connectivity index (χ2v) is 8.70. The summed E-state index contributed by atoms with van der Waals surface area (Å²) in [4.78, 5) is 27.3. The highest BCUT2D eigenvalue weighted by Crippen LogP contribution is 2.31. The highest BCUT2D eigenvalue weighted by atomic mass is 32.2. The van der Waals surface area contributed by atoms with Crippen molar-refractivity contribution in [2.75, 3.05) is 36.9 Å². The predicted molar refractivity (Wildman–Crippen MR) is 83.6 cm³/mol. The van der Waals surface area contributed by atoms with E-state index in [-0.39, 0.29) is 10.8 Å². The number of carbonyl (C=O) groups excluding carboxylic acids is 1. The van der Waals surface area contributed by atoms with Gasteiger partial charge in [-0.3, -0.25) is 0 Å². The van der Waals surface area contributed by atoms with Crippen molar-refractivity contribution >= 4 is 35.5 Å². The first-order valence-electron chi connectivity index (χ1n) is 6.91. The molecule has 1 N–H and O–H groups in total. The van der Waals surface area contributed by atoms with Gasteiger partial charge in [0.15, 0.2) is 0 Å². The fourth-order valence-corrected chi connectivity index (χ4v) is 4.57. The van der Waals surface area contributed by atoms with Crippen molar-refractivity contribution in [3.63, 3.8) is 0 Å². The molecule has 0 aromatic rings. The van der Waals surface area contributed by atoms with E-state index in [0.717, 1.165) is 24.5 Å². The summed E-state index contributed by atoms with van der Waals surface area (Å²) in [5.74, 6) is 1.34. The summed E-state index contributed by atoms with van der Waals surface area (Å²) in [6.45, 7) is 6.36. The van der Waals surface area contributed by atoms with Crippen molar-refractivity contribution in [1.29, 1.82) is 0 Å². The summed E-state index contributed by atoms with van der Waals surface area (Å²) in [6, 6.07) is -0.777. The standard InChI is InChI=1S/C13H22N2O3S2/c1-13(2)3-4-14(5-8-20-13)12(18)15-6-7-19-9-10(15)11(16)17/h10H,3-9H2,1-2H3,(H,16,17). The number of amides is 2. The number of thioether (sulfide) groups is 2. The smallest absolute Gasteiger partial charge is 0.327 e. The van der Waals surface area contributed by atoms with Gasteiger partial charge in [-0.2, -0.15) is 23.5 Å². The summed E-state index contributed by atoms with van der Waals surface area (Å²) in [7, 11) is 0. The maximum Gasteiger partial charge on any atom is 0.327 e. The average Bonchev–Trinajstić information content (AvgIpc) is 2.59. The van der Waals surface area contributed by atoms with Crippen LogP contribution in [0.2, 0.25) is 0 Å². The van der Waals surface area contributed by atoms with Crippen LogP contribution in [0.1, 0.15) is 20.3 Å². The van der Waals surface area contributed by atoms with Crippen molar-refractivity contribution in [2.45, 2.75) is 31.1 Å². The molecule has 20 heavy (non-hydrogen) atoms. The highest BCUT2D eigenvalue weighted by Gasteiger charge is 2.36. The second-order valence-electron chi connectivity index (χ2n) is 5.75. The summed E-state index contributed by atoms with van der Waals surface area (Å²) in [5.41, 5.74) is 0. The third kappa shape index (κ3) is 3.75. The lowest BCUT2D eigenvalue weighted by molar-refractivity contribution is -0.141. The lowest BCUT2D eigenvalue weighted by atomic mass is 10.1. The van der Waals surface area contributed by atoms with E-state index in [1.165, 1.54) is 0 Å². The minimum atomic E-state index is -0.893. The van der Waals surface area contributed by atoms with Gasteiger partial charge in [0.2, 0.25) is 0 Å². The van der Waals surface area contributed by atoms with Gasteiger partial charge < -0.3 is 14.9 Å². The van der Waals surface area contributed by atoms with Crippen molar-refractivity contribution in [3.8, 4) is 0 Å². The summed E-state index contributed by atoms with van der Waals surface area (Å²) in [5, 5.41) is 9.26. The Kier molecular flexibility index (Phi) is 5.12. The average molecular weight is 318 g/mol. The summed E-state index contributed by atoms with van der Waals surface area (Å²) in [6.07, 6.45) is 0.948. The molecule has 2 amide bonds. The molecule has 114 valence electrons. The summed E-state index contributed by atoms with van der Waals surface area (Å²) >= 11 is 3.49. The first-order chi connectivity index (χ1) is 9.41. The van der Waals surface area contributed by atoms with Gasteiger partial charge in [0.1, 0.15) is 6.04 Å². The van der Waals surface area contributed by atoms with Crippen LogP contribution in [0.25, 0.3) is 0 Å². The third-order valence-corrected chi connectivity index (χ3v) is 6.16. The van der Waals surface area contributed by atoms with Gasteiger partial charge in [-0.15, -0.1) is 0 Å². The first kappa shape index (κ1) is 15.8. The number of nitrogens with zero attached hydrogens (tertiary/aromatic N) is 2. The van der Waals surface area contributed by atoms with Crippen LogP contribution in [-0.2, 0) is 4.79 Å². The van der Waals surface area contributed by atoms with Gasteiger partial charge in [0.25, 0.3) is 0 Å². The molecule has 7 heteroatoms. The van der Waals surface area contributed by atoms with E-state index in [0.29, 0.717) is 18.8 Å². The van der Waals surface area contributed by atoms with Crippen LogP contribution < -0.4 is 0 Å². The Balaban J connectivity index is 2.03. The summed E-state index contributed by atoms with van der Waals surface area (Å²) < 4.78 is 0.193. The molecular formula is C13H22N2O3S2. The quantitative estimate of drug-likeness (QED) is 0.799. The largest absolute Gasteiger partial charge is 0.480 e. The molecule has 0 bridgehead atoms. The van der Waals surface area contributed by atoms with Gasteiger partial charge in [-0.1, -0.05) is 13.8 Å². The van der Waals surface area contributed by atoms with Gasteiger partial charge in [-0.25, -0.2) is 9.59 Å². The van der Waals surface area contributed by atoms with E-state index in [4.69, 9.17) is 0 Å². The van der Waals surface area contributed by atoms with E-state index < -0.39 is 12.0 Å². The van der Waals surface area contributed by atoms with Gasteiger partial charge in [0, 0.05) is 41.6 Å². The molecule has 0 aromatic carbocycles.